The van der Waals surface area contributed by atoms with Crippen LogP contribution in [-0.4, -0.2) is 37.7 Å². The van der Waals surface area contributed by atoms with Gasteiger partial charge in [-0.15, -0.1) is 0 Å². The Kier molecular flexibility index (Phi) is 6.61. The summed E-state index contributed by atoms with van der Waals surface area (Å²) in [7, 11) is 2.84. The first-order valence-corrected chi connectivity index (χ1v) is 8.16. The second-order valence-electron chi connectivity index (χ2n) is 5.95. The molecule has 2 rings (SSSR count). The molecule has 0 aliphatic heterocycles. The molecule has 132 valence electrons. The zero-order valence-corrected chi connectivity index (χ0v) is 14.2. The Hall–Kier alpha value is -2.08. The van der Waals surface area contributed by atoms with Gasteiger partial charge in [0.2, 0.25) is 5.75 Å². The Morgan fingerprint density at radius 1 is 1.17 bits per heavy atom. The van der Waals surface area contributed by atoms with Crippen LogP contribution in [0, 0.1) is 5.92 Å². The van der Waals surface area contributed by atoms with Gasteiger partial charge in [0.1, 0.15) is 5.78 Å². The molecule has 0 spiro atoms. The quantitative estimate of drug-likeness (QED) is 0.446. The van der Waals surface area contributed by atoms with Gasteiger partial charge in [-0.25, -0.2) is 0 Å². The van der Waals surface area contributed by atoms with Crippen molar-refractivity contribution in [2.75, 3.05) is 21.0 Å². The summed E-state index contributed by atoms with van der Waals surface area (Å²) >= 11 is 0. The lowest BCUT2D eigenvalue weighted by Crippen LogP contribution is -2.20. The highest BCUT2D eigenvalue weighted by molar-refractivity contribution is 6.10. The third-order valence-electron chi connectivity index (χ3n) is 4.33. The summed E-state index contributed by atoms with van der Waals surface area (Å²) in [5.41, 5.74) is 0.0702. The van der Waals surface area contributed by atoms with E-state index in [0.29, 0.717) is 0 Å². The van der Waals surface area contributed by atoms with Crippen molar-refractivity contribution in [1.29, 1.82) is 0 Å². The number of ether oxygens (including phenoxy) is 3. The predicted molar refractivity (Wildman–Crippen MR) is 87.7 cm³/mol. The Morgan fingerprint density at radius 3 is 2.50 bits per heavy atom. The Bertz CT molecular complexity index is 589. The molecule has 6 nitrogen and oxygen atoms in total. The molecule has 0 unspecified atom stereocenters. The van der Waals surface area contributed by atoms with Gasteiger partial charge in [-0.3, -0.25) is 9.59 Å². The number of hydrogen-bond acceptors (Lipinski definition) is 6. The van der Waals surface area contributed by atoms with E-state index in [2.05, 4.69) is 0 Å². The molecular weight excluding hydrogens is 312 g/mol. The average molecular weight is 336 g/mol. The first kappa shape index (κ1) is 18.3. The zero-order chi connectivity index (χ0) is 17.5. The van der Waals surface area contributed by atoms with Gasteiger partial charge in [0.05, 0.1) is 19.1 Å². The van der Waals surface area contributed by atoms with Crippen LogP contribution in [0.2, 0.25) is 0 Å². The maximum Gasteiger partial charge on any atom is 0.203 e. The lowest BCUT2D eigenvalue weighted by molar-refractivity contribution is -0.122. The molecule has 0 saturated heterocycles. The number of hydrogen-bond donors (Lipinski definition) is 1. The van der Waals surface area contributed by atoms with Gasteiger partial charge in [-0.05, 0) is 25.0 Å². The third-order valence-corrected chi connectivity index (χ3v) is 4.33. The molecule has 1 aromatic rings. The average Bonchev–Trinajstić information content (AvgIpc) is 2.60. The van der Waals surface area contributed by atoms with Crippen LogP contribution in [0.25, 0.3) is 0 Å². The van der Waals surface area contributed by atoms with E-state index < -0.39 is 5.78 Å². The summed E-state index contributed by atoms with van der Waals surface area (Å²) in [6, 6.07) is 2.97. The Morgan fingerprint density at radius 2 is 1.88 bits per heavy atom. The van der Waals surface area contributed by atoms with Crippen LogP contribution in [0.3, 0.4) is 0 Å². The molecule has 6 heteroatoms. The van der Waals surface area contributed by atoms with Gasteiger partial charge >= 0.3 is 0 Å². The van der Waals surface area contributed by atoms with Crippen molar-refractivity contribution in [3.63, 3.8) is 0 Å². The number of phenolic OH excluding ortho intramolecular Hbond substituents is 1. The van der Waals surface area contributed by atoms with E-state index in [1.807, 2.05) is 0 Å². The van der Waals surface area contributed by atoms with E-state index in [1.165, 1.54) is 26.4 Å². The van der Waals surface area contributed by atoms with Crippen molar-refractivity contribution in [1.82, 2.24) is 0 Å². The van der Waals surface area contributed by atoms with Gasteiger partial charge in [0.25, 0.3) is 0 Å². The number of phenols is 1. The molecule has 1 N–H and O–H groups in total. The van der Waals surface area contributed by atoms with Crippen LogP contribution >= 0.6 is 0 Å². The molecule has 0 amide bonds. The number of aromatic hydroxyl groups is 1. The van der Waals surface area contributed by atoms with E-state index in [4.69, 9.17) is 14.2 Å². The van der Waals surface area contributed by atoms with Crippen molar-refractivity contribution < 1.29 is 28.9 Å². The van der Waals surface area contributed by atoms with Crippen molar-refractivity contribution in [3.05, 3.63) is 17.7 Å². The first-order chi connectivity index (χ1) is 11.6. The van der Waals surface area contributed by atoms with Crippen molar-refractivity contribution >= 4 is 11.6 Å². The first-order valence-electron chi connectivity index (χ1n) is 8.16. The largest absolute Gasteiger partial charge is 0.504 e. The summed E-state index contributed by atoms with van der Waals surface area (Å²) in [5.74, 6) is -0.462. The fourth-order valence-corrected chi connectivity index (χ4v) is 3.03. The van der Waals surface area contributed by atoms with E-state index in [9.17, 15) is 14.7 Å². The van der Waals surface area contributed by atoms with E-state index in [0.717, 1.165) is 32.1 Å². The molecule has 1 aliphatic rings. The maximum atomic E-state index is 12.4. The highest BCUT2D eigenvalue weighted by Crippen LogP contribution is 2.39. The number of benzene rings is 1. The number of carbonyl (C=O) groups is 2. The summed E-state index contributed by atoms with van der Waals surface area (Å²) in [4.78, 5) is 24.7. The van der Waals surface area contributed by atoms with E-state index >= 15 is 0 Å². The molecular formula is C18H24O6. The summed E-state index contributed by atoms with van der Waals surface area (Å²) in [6.07, 6.45) is 4.74. The molecule has 0 bridgehead atoms. The minimum atomic E-state index is -0.403. The van der Waals surface area contributed by atoms with E-state index in [-0.39, 0.29) is 47.7 Å². The van der Waals surface area contributed by atoms with Crippen LogP contribution in [0.5, 0.6) is 17.2 Å². The van der Waals surface area contributed by atoms with Gasteiger partial charge in [0, 0.05) is 13.0 Å². The Labute approximate surface area is 141 Å². The summed E-state index contributed by atoms with van der Waals surface area (Å²) < 4.78 is 15.2. The standard InChI is InChI=1S/C18H24O6/c1-22-11-24-16-9-8-13(17(21)18(16)23-2)15(20)10-14(19)12-6-4-3-5-7-12/h8-9,12,21H,3-7,10-11H2,1-2H3. The molecule has 0 atom stereocenters. The molecule has 1 aliphatic carbocycles. The summed E-state index contributed by atoms with van der Waals surface area (Å²) in [6.45, 7) is -0.0107. The van der Waals surface area contributed by atoms with Gasteiger partial charge < -0.3 is 19.3 Å². The van der Waals surface area contributed by atoms with Crippen molar-refractivity contribution in [2.24, 2.45) is 5.92 Å². The van der Waals surface area contributed by atoms with Crippen molar-refractivity contribution in [2.45, 2.75) is 38.5 Å². The fourth-order valence-electron chi connectivity index (χ4n) is 3.03. The molecule has 0 aromatic heterocycles. The topological polar surface area (TPSA) is 82.1 Å². The maximum absolute atomic E-state index is 12.4. The minimum absolute atomic E-state index is 0.0107. The van der Waals surface area contributed by atoms with Crippen molar-refractivity contribution in [3.8, 4) is 17.2 Å². The highest BCUT2D eigenvalue weighted by Gasteiger charge is 2.26. The smallest absolute Gasteiger partial charge is 0.203 e. The molecule has 24 heavy (non-hydrogen) atoms. The van der Waals surface area contributed by atoms with Crippen LogP contribution < -0.4 is 9.47 Å². The number of ketones is 2. The second-order valence-corrected chi connectivity index (χ2v) is 5.95. The normalized spacial score (nSPS) is 15.1. The number of rotatable bonds is 8. The van der Waals surface area contributed by atoms with Crippen LogP contribution in [0.1, 0.15) is 48.9 Å². The van der Waals surface area contributed by atoms with Crippen LogP contribution in [-0.2, 0) is 9.53 Å². The summed E-state index contributed by atoms with van der Waals surface area (Å²) in [5, 5.41) is 10.3. The fraction of sp³-hybridized carbons (Fsp3) is 0.556. The Balaban J connectivity index is 2.12. The monoisotopic (exact) mass is 336 g/mol. The third kappa shape index (κ3) is 4.26. The molecule has 1 fully saturated rings. The SMILES string of the molecule is COCOc1ccc(C(=O)CC(=O)C2CCCCC2)c(O)c1OC. The number of methoxy groups -OCH3 is 2. The second kappa shape index (κ2) is 8.68. The number of Topliss-reactive ketones (excluding diaryl/α,β-unsaturated/α-hetero) is 2. The van der Waals surface area contributed by atoms with Crippen LogP contribution in [0.4, 0.5) is 0 Å². The number of carbonyl (C=O) groups excluding carboxylic acids is 2. The van der Waals surface area contributed by atoms with Crippen LogP contribution in [0.15, 0.2) is 12.1 Å². The highest BCUT2D eigenvalue weighted by atomic mass is 16.7. The lowest BCUT2D eigenvalue weighted by Gasteiger charge is -2.20. The van der Waals surface area contributed by atoms with Gasteiger partial charge in [0.15, 0.2) is 24.1 Å². The van der Waals surface area contributed by atoms with E-state index in [1.54, 1.807) is 0 Å². The lowest BCUT2D eigenvalue weighted by atomic mass is 9.84. The molecule has 1 aromatic carbocycles. The minimum Gasteiger partial charge on any atom is -0.504 e. The van der Waals surface area contributed by atoms with Gasteiger partial charge in [-0.1, -0.05) is 19.3 Å². The molecule has 1 saturated carbocycles. The van der Waals surface area contributed by atoms with Gasteiger partial charge in [-0.2, -0.15) is 0 Å². The predicted octanol–water partition coefficient (Wildman–Crippen LogP) is 3.11. The zero-order valence-electron chi connectivity index (χ0n) is 14.2. The molecule has 0 heterocycles. The molecule has 0 radical (unpaired) electrons.